The lowest BCUT2D eigenvalue weighted by molar-refractivity contribution is 0.0353. The molecule has 2 N–H and O–H groups in total. The summed E-state index contributed by atoms with van der Waals surface area (Å²) >= 11 is 0. The molecule has 0 aromatic carbocycles. The molecule has 1 heterocycles. The van der Waals surface area contributed by atoms with Crippen molar-refractivity contribution in [2.75, 3.05) is 13.6 Å². The first-order valence-electron chi connectivity index (χ1n) is 2.91. The van der Waals surface area contributed by atoms with Crippen molar-refractivity contribution >= 4 is 5.84 Å². The van der Waals surface area contributed by atoms with Crippen LogP contribution in [0.2, 0.25) is 0 Å². The van der Waals surface area contributed by atoms with Crippen LogP contribution in [0.1, 0.15) is 6.92 Å². The van der Waals surface area contributed by atoms with Gasteiger partial charge >= 0.3 is 0 Å². The molecular weight excluding hydrogens is 118 g/mol. The Balaban J connectivity index is 2.55. The topological polar surface area (TPSA) is 50.9 Å². The summed E-state index contributed by atoms with van der Waals surface area (Å²) < 4.78 is 0. The van der Waals surface area contributed by atoms with Crippen LogP contribution in [0.15, 0.2) is 5.16 Å². The lowest BCUT2D eigenvalue weighted by Gasteiger charge is -2.14. The second kappa shape index (κ2) is 2.23. The number of nitrogens with two attached hydrogens (primary N) is 1. The molecule has 4 nitrogen and oxygen atoms in total. The minimum atomic E-state index is 0.0450. The molecule has 0 aliphatic carbocycles. The van der Waals surface area contributed by atoms with E-state index in [4.69, 9.17) is 10.6 Å². The highest BCUT2D eigenvalue weighted by Crippen LogP contribution is 2.06. The fraction of sp³-hybridized carbons (Fsp3) is 0.800. The third-order valence-electron chi connectivity index (χ3n) is 1.45. The number of hydrogen-bond acceptors (Lipinski definition) is 4. The van der Waals surface area contributed by atoms with E-state index in [2.05, 4.69) is 5.16 Å². The van der Waals surface area contributed by atoms with Crippen molar-refractivity contribution in [3.63, 3.8) is 0 Å². The molecule has 0 aromatic heterocycles. The Morgan fingerprint density at radius 3 is 2.78 bits per heavy atom. The Labute approximate surface area is 54.3 Å². The largest absolute Gasteiger partial charge is 0.369 e. The summed E-state index contributed by atoms with van der Waals surface area (Å²) in [5, 5.41) is 3.73. The molecule has 4 heteroatoms. The monoisotopic (exact) mass is 129 g/mol. The van der Waals surface area contributed by atoms with Gasteiger partial charge in [-0.3, -0.25) is 0 Å². The molecule has 9 heavy (non-hydrogen) atoms. The van der Waals surface area contributed by atoms with E-state index < -0.39 is 0 Å². The smallest absolute Gasteiger partial charge is 0.198 e. The van der Waals surface area contributed by atoms with E-state index in [0.717, 1.165) is 5.84 Å². The lowest BCUT2D eigenvalue weighted by atomic mass is 10.5. The van der Waals surface area contributed by atoms with Gasteiger partial charge in [0.1, 0.15) is 0 Å². The molecule has 0 aromatic rings. The van der Waals surface area contributed by atoms with Crippen LogP contribution >= 0.6 is 0 Å². The van der Waals surface area contributed by atoms with Gasteiger partial charge in [-0.15, -0.1) is 0 Å². The zero-order chi connectivity index (χ0) is 6.85. The van der Waals surface area contributed by atoms with Gasteiger partial charge in [0.2, 0.25) is 0 Å². The van der Waals surface area contributed by atoms with Crippen LogP contribution < -0.4 is 5.73 Å². The van der Waals surface area contributed by atoms with Crippen LogP contribution in [0.25, 0.3) is 0 Å². The summed E-state index contributed by atoms with van der Waals surface area (Å²) in [6.45, 7) is 2.37. The maximum absolute atomic E-state index is 5.33. The maximum atomic E-state index is 5.33. The maximum Gasteiger partial charge on any atom is 0.198 e. The zero-order valence-electron chi connectivity index (χ0n) is 5.66. The van der Waals surface area contributed by atoms with E-state index in [1.807, 2.05) is 18.9 Å². The van der Waals surface area contributed by atoms with Crippen molar-refractivity contribution in [3.8, 4) is 0 Å². The van der Waals surface area contributed by atoms with Gasteiger partial charge < -0.3 is 15.5 Å². The molecule has 0 bridgehead atoms. The highest BCUT2D eigenvalue weighted by atomic mass is 16.7. The van der Waals surface area contributed by atoms with Crippen LogP contribution in [-0.2, 0) is 4.84 Å². The minimum Gasteiger partial charge on any atom is -0.369 e. The van der Waals surface area contributed by atoms with Gasteiger partial charge in [0.15, 0.2) is 12.1 Å². The van der Waals surface area contributed by atoms with E-state index in [1.165, 1.54) is 0 Å². The van der Waals surface area contributed by atoms with Gasteiger partial charge in [0.05, 0.1) is 6.54 Å². The lowest BCUT2D eigenvalue weighted by Crippen LogP contribution is -2.34. The van der Waals surface area contributed by atoms with E-state index in [0.29, 0.717) is 6.54 Å². The third-order valence-corrected chi connectivity index (χ3v) is 1.45. The van der Waals surface area contributed by atoms with E-state index in [1.54, 1.807) is 0 Å². The van der Waals surface area contributed by atoms with Crippen LogP contribution in [0.4, 0.5) is 0 Å². The standard InChI is InChI=1S/C5H11N3O/c1-4-8(2)5(3-6)7-9-4/h4H,3,6H2,1-2H3. The highest BCUT2D eigenvalue weighted by Gasteiger charge is 2.19. The summed E-state index contributed by atoms with van der Waals surface area (Å²) in [5.74, 6) is 0.808. The van der Waals surface area contributed by atoms with Crippen molar-refractivity contribution in [2.45, 2.75) is 13.2 Å². The summed E-state index contributed by atoms with van der Waals surface area (Å²) in [7, 11) is 1.91. The van der Waals surface area contributed by atoms with Gasteiger partial charge in [-0.2, -0.15) is 0 Å². The third kappa shape index (κ3) is 0.977. The molecule has 0 radical (unpaired) electrons. The van der Waals surface area contributed by atoms with Crippen molar-refractivity contribution < 1.29 is 4.84 Å². The highest BCUT2D eigenvalue weighted by molar-refractivity contribution is 5.84. The number of likely N-dealkylation sites (N-methyl/N-ethyl adjacent to an activating group) is 1. The average Bonchev–Trinajstić information content (AvgIpc) is 2.15. The molecule has 1 unspecified atom stereocenters. The van der Waals surface area contributed by atoms with Gasteiger partial charge in [0.25, 0.3) is 0 Å². The molecule has 0 saturated heterocycles. The number of hydrogen-bond donors (Lipinski definition) is 1. The molecule has 0 amide bonds. The van der Waals surface area contributed by atoms with Gasteiger partial charge in [-0.25, -0.2) is 0 Å². The Bertz CT molecular complexity index is 134. The zero-order valence-corrected chi connectivity index (χ0v) is 5.66. The van der Waals surface area contributed by atoms with E-state index in [9.17, 15) is 0 Å². The normalized spacial score (nSPS) is 25.9. The molecule has 1 rings (SSSR count). The molecule has 0 spiro atoms. The van der Waals surface area contributed by atoms with Gasteiger partial charge in [0, 0.05) is 7.05 Å². The second-order valence-electron chi connectivity index (χ2n) is 2.03. The number of rotatable bonds is 1. The Morgan fingerprint density at radius 2 is 2.56 bits per heavy atom. The summed E-state index contributed by atoms with van der Waals surface area (Å²) in [5.41, 5.74) is 5.33. The van der Waals surface area contributed by atoms with E-state index >= 15 is 0 Å². The fourth-order valence-corrected chi connectivity index (χ4v) is 0.663. The van der Waals surface area contributed by atoms with Gasteiger partial charge in [-0.1, -0.05) is 5.16 Å². The van der Waals surface area contributed by atoms with Crippen molar-refractivity contribution in [1.82, 2.24) is 4.90 Å². The fourth-order valence-electron chi connectivity index (χ4n) is 0.663. The molecule has 1 aliphatic heterocycles. The second-order valence-corrected chi connectivity index (χ2v) is 2.03. The number of oxime groups is 1. The first-order valence-corrected chi connectivity index (χ1v) is 2.91. The average molecular weight is 129 g/mol. The molecule has 0 saturated carbocycles. The van der Waals surface area contributed by atoms with Crippen molar-refractivity contribution in [3.05, 3.63) is 0 Å². The molecule has 1 atom stereocenters. The van der Waals surface area contributed by atoms with Crippen LogP contribution in [0.3, 0.4) is 0 Å². The number of nitrogens with zero attached hydrogens (tertiary/aromatic N) is 2. The summed E-state index contributed by atoms with van der Waals surface area (Å²) in [4.78, 5) is 6.81. The van der Waals surface area contributed by atoms with Crippen molar-refractivity contribution in [1.29, 1.82) is 0 Å². The van der Waals surface area contributed by atoms with Crippen LogP contribution in [-0.4, -0.2) is 30.6 Å². The first-order chi connectivity index (χ1) is 4.25. The molecule has 0 fully saturated rings. The SMILES string of the molecule is CC1ON=C(CN)N1C. The van der Waals surface area contributed by atoms with Crippen LogP contribution in [0, 0.1) is 0 Å². The predicted molar refractivity (Wildman–Crippen MR) is 34.8 cm³/mol. The Morgan fingerprint density at radius 1 is 1.89 bits per heavy atom. The molecule has 1 aliphatic rings. The Kier molecular flexibility index (Phi) is 1.57. The molecular formula is C5H11N3O. The summed E-state index contributed by atoms with van der Waals surface area (Å²) in [6, 6.07) is 0. The Hall–Kier alpha value is -0.770. The van der Waals surface area contributed by atoms with E-state index in [-0.39, 0.29) is 6.23 Å². The first kappa shape index (κ1) is 6.35. The van der Waals surface area contributed by atoms with Crippen LogP contribution in [0.5, 0.6) is 0 Å². The molecule has 52 valence electrons. The van der Waals surface area contributed by atoms with Crippen molar-refractivity contribution in [2.24, 2.45) is 10.9 Å². The number of amidine groups is 1. The minimum absolute atomic E-state index is 0.0450. The predicted octanol–water partition coefficient (Wildman–Crippen LogP) is -0.433. The summed E-state index contributed by atoms with van der Waals surface area (Å²) in [6.07, 6.45) is 0.0450. The van der Waals surface area contributed by atoms with Gasteiger partial charge in [-0.05, 0) is 6.92 Å². The quantitative estimate of drug-likeness (QED) is 0.522.